The number of aromatic nitrogens is 3. The van der Waals surface area contributed by atoms with Gasteiger partial charge in [-0.05, 0) is 37.3 Å². The Kier molecular flexibility index (Phi) is 3.66. The van der Waals surface area contributed by atoms with Crippen molar-refractivity contribution in [3.05, 3.63) is 33.3 Å². The summed E-state index contributed by atoms with van der Waals surface area (Å²) in [5, 5.41) is 8.07. The minimum absolute atomic E-state index is 0.0497. The van der Waals surface area contributed by atoms with E-state index in [2.05, 4.69) is 16.4 Å². The quantitative estimate of drug-likeness (QED) is 0.876. The summed E-state index contributed by atoms with van der Waals surface area (Å²) in [5.41, 5.74) is 8.83. The number of aryl methyl sites for hydroxylation is 3. The highest BCUT2D eigenvalue weighted by Gasteiger charge is 2.17. The first-order valence-electron chi connectivity index (χ1n) is 6.94. The molecule has 3 rings (SSSR count). The third kappa shape index (κ3) is 2.87. The van der Waals surface area contributed by atoms with Gasteiger partial charge < -0.3 is 5.73 Å². The van der Waals surface area contributed by atoms with Crippen molar-refractivity contribution >= 4 is 11.3 Å². The van der Waals surface area contributed by atoms with Crippen LogP contribution in [-0.2, 0) is 26.3 Å². The molecular weight excluding hydrogens is 256 g/mol. The van der Waals surface area contributed by atoms with E-state index >= 15 is 0 Å². The van der Waals surface area contributed by atoms with E-state index in [1.165, 1.54) is 42.5 Å². The number of hydrogen-bond acceptors (Lipinski definition) is 4. The molecule has 2 heterocycles. The molecule has 0 amide bonds. The van der Waals surface area contributed by atoms with Gasteiger partial charge in [0.25, 0.3) is 0 Å². The molecule has 0 saturated heterocycles. The molecule has 5 heteroatoms. The molecule has 4 nitrogen and oxygen atoms in total. The Balaban J connectivity index is 1.74. The smallest absolute Gasteiger partial charge is 0.0846 e. The Hall–Kier alpha value is -1.20. The third-order valence-corrected chi connectivity index (χ3v) is 5.08. The van der Waals surface area contributed by atoms with Crippen molar-refractivity contribution < 1.29 is 0 Å². The maximum Gasteiger partial charge on any atom is 0.0846 e. The van der Waals surface area contributed by atoms with Crippen LogP contribution in [0.2, 0.25) is 0 Å². The predicted molar refractivity (Wildman–Crippen MR) is 77.2 cm³/mol. The largest absolute Gasteiger partial charge is 0.323 e. The molecule has 0 saturated carbocycles. The zero-order chi connectivity index (χ0) is 13.2. The number of thiophene rings is 1. The summed E-state index contributed by atoms with van der Waals surface area (Å²) in [4.78, 5) is 2.86. The van der Waals surface area contributed by atoms with Crippen LogP contribution in [0.5, 0.6) is 0 Å². The van der Waals surface area contributed by atoms with Crippen molar-refractivity contribution in [2.75, 3.05) is 0 Å². The molecule has 0 spiro atoms. The monoisotopic (exact) mass is 276 g/mol. The molecule has 0 radical (unpaired) electrons. The summed E-state index contributed by atoms with van der Waals surface area (Å²) in [6.07, 6.45) is 9.19. The molecule has 1 aliphatic carbocycles. The van der Waals surface area contributed by atoms with Crippen LogP contribution in [-0.4, -0.2) is 15.0 Å². The molecule has 2 N–H and O–H groups in total. The van der Waals surface area contributed by atoms with Gasteiger partial charge in [0.15, 0.2) is 0 Å². The molecule has 19 heavy (non-hydrogen) atoms. The normalized spacial score (nSPS) is 16.9. The van der Waals surface area contributed by atoms with E-state index in [0.717, 1.165) is 12.1 Å². The van der Waals surface area contributed by atoms with Gasteiger partial charge in [0.2, 0.25) is 0 Å². The van der Waals surface area contributed by atoms with E-state index in [9.17, 15) is 0 Å². The van der Waals surface area contributed by atoms with Gasteiger partial charge in [-0.3, -0.25) is 4.68 Å². The Labute approximate surface area is 117 Å². The van der Waals surface area contributed by atoms with E-state index in [4.69, 9.17) is 5.73 Å². The van der Waals surface area contributed by atoms with E-state index in [0.29, 0.717) is 0 Å². The Morgan fingerprint density at radius 1 is 1.37 bits per heavy atom. The van der Waals surface area contributed by atoms with E-state index in [1.54, 1.807) is 9.56 Å². The molecule has 1 atom stereocenters. The first-order chi connectivity index (χ1) is 9.22. The molecule has 0 bridgehead atoms. The number of fused-ring (bicyclic) bond motifs is 1. The second kappa shape index (κ2) is 5.43. The van der Waals surface area contributed by atoms with Crippen LogP contribution >= 0.6 is 11.3 Å². The topological polar surface area (TPSA) is 56.7 Å². The second-order valence-corrected chi connectivity index (χ2v) is 6.52. The highest BCUT2D eigenvalue weighted by molar-refractivity contribution is 7.12. The summed E-state index contributed by atoms with van der Waals surface area (Å²) >= 11 is 1.90. The van der Waals surface area contributed by atoms with E-state index in [1.807, 2.05) is 24.6 Å². The van der Waals surface area contributed by atoms with Gasteiger partial charge in [0.05, 0.1) is 5.69 Å². The standard InChI is InChI=1S/C14H20N4S/c1-18-9-11(16-17-18)8-12(15)14-7-10-5-3-2-4-6-13(10)19-14/h7,9,12H,2-6,8,15H2,1H3. The lowest BCUT2D eigenvalue weighted by Gasteiger charge is -2.06. The maximum atomic E-state index is 6.32. The fourth-order valence-corrected chi connectivity index (χ4v) is 3.95. The lowest BCUT2D eigenvalue weighted by atomic mass is 10.1. The molecule has 0 fully saturated rings. The highest BCUT2D eigenvalue weighted by atomic mass is 32.1. The predicted octanol–water partition coefficient (Wildman–Crippen LogP) is 2.39. The van der Waals surface area contributed by atoms with Gasteiger partial charge >= 0.3 is 0 Å². The Bertz CT molecular complexity index is 534. The van der Waals surface area contributed by atoms with E-state index in [-0.39, 0.29) is 6.04 Å². The number of rotatable bonds is 3. The molecule has 102 valence electrons. The molecule has 1 unspecified atom stereocenters. The zero-order valence-corrected chi connectivity index (χ0v) is 12.1. The minimum Gasteiger partial charge on any atom is -0.323 e. The molecule has 0 aromatic carbocycles. The van der Waals surface area contributed by atoms with Crippen LogP contribution in [0.25, 0.3) is 0 Å². The van der Waals surface area contributed by atoms with Crippen LogP contribution in [0.3, 0.4) is 0 Å². The number of nitrogens with zero attached hydrogens (tertiary/aromatic N) is 3. The lowest BCUT2D eigenvalue weighted by Crippen LogP contribution is -2.12. The highest BCUT2D eigenvalue weighted by Crippen LogP contribution is 2.32. The minimum atomic E-state index is 0.0497. The van der Waals surface area contributed by atoms with Crippen LogP contribution in [0, 0.1) is 0 Å². The third-order valence-electron chi connectivity index (χ3n) is 3.71. The van der Waals surface area contributed by atoms with Crippen LogP contribution in [0.1, 0.15) is 46.3 Å². The van der Waals surface area contributed by atoms with Gasteiger partial charge in [0, 0.05) is 35.5 Å². The summed E-state index contributed by atoms with van der Waals surface area (Å²) in [6, 6.07) is 2.38. The average Bonchev–Trinajstić information content (AvgIpc) is 2.91. The van der Waals surface area contributed by atoms with Crippen molar-refractivity contribution in [3.8, 4) is 0 Å². The van der Waals surface area contributed by atoms with Crippen LogP contribution in [0.4, 0.5) is 0 Å². The average molecular weight is 276 g/mol. The molecule has 2 aromatic heterocycles. The van der Waals surface area contributed by atoms with Gasteiger partial charge in [-0.1, -0.05) is 11.6 Å². The van der Waals surface area contributed by atoms with Gasteiger partial charge in [-0.15, -0.1) is 16.4 Å². The molecule has 1 aliphatic rings. The summed E-state index contributed by atoms with van der Waals surface area (Å²) in [6.45, 7) is 0. The zero-order valence-electron chi connectivity index (χ0n) is 11.3. The van der Waals surface area contributed by atoms with Crippen molar-refractivity contribution in [1.82, 2.24) is 15.0 Å². The molecule has 0 aliphatic heterocycles. The van der Waals surface area contributed by atoms with Crippen LogP contribution in [0.15, 0.2) is 12.3 Å². The van der Waals surface area contributed by atoms with Crippen molar-refractivity contribution in [2.45, 2.75) is 44.6 Å². The summed E-state index contributed by atoms with van der Waals surface area (Å²) < 4.78 is 1.73. The van der Waals surface area contributed by atoms with Gasteiger partial charge in [0.1, 0.15) is 0 Å². The Morgan fingerprint density at radius 2 is 2.21 bits per heavy atom. The van der Waals surface area contributed by atoms with Gasteiger partial charge in [-0.2, -0.15) is 0 Å². The first-order valence-corrected chi connectivity index (χ1v) is 7.76. The van der Waals surface area contributed by atoms with Crippen molar-refractivity contribution in [2.24, 2.45) is 12.8 Å². The van der Waals surface area contributed by atoms with Crippen molar-refractivity contribution in [1.29, 1.82) is 0 Å². The fourth-order valence-electron chi connectivity index (χ4n) is 2.69. The van der Waals surface area contributed by atoms with Crippen molar-refractivity contribution in [3.63, 3.8) is 0 Å². The maximum absolute atomic E-state index is 6.32. The Morgan fingerprint density at radius 3 is 3.00 bits per heavy atom. The molecule has 2 aromatic rings. The SMILES string of the molecule is Cn1cc(CC(N)c2cc3c(s2)CCCCC3)nn1. The first kappa shape index (κ1) is 12.8. The number of hydrogen-bond donors (Lipinski definition) is 1. The van der Waals surface area contributed by atoms with Gasteiger partial charge in [-0.25, -0.2) is 0 Å². The van der Waals surface area contributed by atoms with E-state index < -0.39 is 0 Å². The summed E-state index contributed by atoms with van der Waals surface area (Å²) in [7, 11) is 1.88. The number of nitrogens with two attached hydrogens (primary N) is 1. The van der Waals surface area contributed by atoms with Crippen LogP contribution < -0.4 is 5.73 Å². The summed E-state index contributed by atoms with van der Waals surface area (Å²) in [5.74, 6) is 0. The fraction of sp³-hybridized carbons (Fsp3) is 0.571. The molecular formula is C14H20N4S. The lowest BCUT2D eigenvalue weighted by molar-refractivity contribution is 0.697. The second-order valence-electron chi connectivity index (χ2n) is 5.35.